The summed E-state index contributed by atoms with van der Waals surface area (Å²) in [4.78, 5) is 19.7. The molecule has 8 heteroatoms. The van der Waals surface area contributed by atoms with Crippen LogP contribution in [0.1, 0.15) is 52.1 Å². The molecule has 0 bridgehead atoms. The number of imidazole rings is 1. The van der Waals surface area contributed by atoms with Crippen LogP contribution in [0.3, 0.4) is 0 Å². The minimum absolute atomic E-state index is 0.0200. The highest BCUT2D eigenvalue weighted by molar-refractivity contribution is 5.93. The summed E-state index contributed by atoms with van der Waals surface area (Å²) in [5, 5.41) is 18.2. The van der Waals surface area contributed by atoms with E-state index >= 15 is 0 Å². The number of nitrogens with zero attached hydrogens (tertiary/aromatic N) is 4. The molecule has 34 heavy (non-hydrogen) atoms. The van der Waals surface area contributed by atoms with Gasteiger partial charge in [-0.2, -0.15) is 0 Å². The van der Waals surface area contributed by atoms with Crippen molar-refractivity contribution in [3.05, 3.63) is 95.1 Å². The first-order valence-corrected chi connectivity index (χ1v) is 11.5. The molecule has 1 saturated heterocycles. The van der Waals surface area contributed by atoms with Crippen molar-refractivity contribution in [2.45, 2.75) is 37.5 Å². The van der Waals surface area contributed by atoms with Gasteiger partial charge in [-0.1, -0.05) is 36.4 Å². The second kappa shape index (κ2) is 8.22. The molecule has 3 heterocycles. The van der Waals surface area contributed by atoms with E-state index in [0.29, 0.717) is 23.6 Å². The van der Waals surface area contributed by atoms with Gasteiger partial charge in [0.2, 0.25) is 0 Å². The highest BCUT2D eigenvalue weighted by Crippen LogP contribution is 2.35. The van der Waals surface area contributed by atoms with Crippen LogP contribution in [-0.2, 0) is 6.42 Å². The van der Waals surface area contributed by atoms with Crippen molar-refractivity contribution in [3.63, 3.8) is 0 Å². The van der Waals surface area contributed by atoms with Gasteiger partial charge in [-0.05, 0) is 53.8 Å². The maximum absolute atomic E-state index is 13.8. The van der Waals surface area contributed by atoms with Crippen molar-refractivity contribution < 1.29 is 14.3 Å². The van der Waals surface area contributed by atoms with E-state index in [1.807, 2.05) is 42.5 Å². The molecular formula is C26H24FN5O2. The van der Waals surface area contributed by atoms with Gasteiger partial charge >= 0.3 is 0 Å². The lowest BCUT2D eigenvalue weighted by atomic mass is 10.0. The molecule has 0 spiro atoms. The normalized spacial score (nSPS) is 21.7. The minimum atomic E-state index is -0.680. The third-order valence-corrected chi connectivity index (χ3v) is 6.85. The second-order valence-corrected chi connectivity index (χ2v) is 8.93. The topological polar surface area (TPSA) is 82.8 Å². The van der Waals surface area contributed by atoms with E-state index in [0.717, 1.165) is 36.1 Å². The number of aliphatic hydroxyl groups is 1. The highest BCUT2D eigenvalue weighted by Gasteiger charge is 2.33. The third kappa shape index (κ3) is 3.51. The van der Waals surface area contributed by atoms with Crippen molar-refractivity contribution in [2.75, 3.05) is 11.4 Å². The Hall–Kier alpha value is -3.78. The van der Waals surface area contributed by atoms with E-state index in [9.17, 15) is 14.3 Å². The highest BCUT2D eigenvalue weighted by atomic mass is 19.1. The Morgan fingerprint density at radius 3 is 2.88 bits per heavy atom. The summed E-state index contributed by atoms with van der Waals surface area (Å²) in [6, 6.07) is 17.7. The summed E-state index contributed by atoms with van der Waals surface area (Å²) < 4.78 is 15.4. The summed E-state index contributed by atoms with van der Waals surface area (Å²) in [6.07, 6.45) is 3.20. The number of carbonyl (C=O) groups is 1. The third-order valence-electron chi connectivity index (χ3n) is 6.85. The predicted octanol–water partition coefficient (Wildman–Crippen LogP) is 3.60. The quantitative estimate of drug-likeness (QED) is 0.489. The molecular weight excluding hydrogens is 433 g/mol. The van der Waals surface area contributed by atoms with Crippen LogP contribution in [0.25, 0.3) is 5.65 Å². The minimum Gasteiger partial charge on any atom is -0.390 e. The van der Waals surface area contributed by atoms with E-state index in [1.54, 1.807) is 16.6 Å². The largest absolute Gasteiger partial charge is 0.390 e. The Kier molecular flexibility index (Phi) is 5.03. The van der Waals surface area contributed by atoms with Crippen LogP contribution in [0.15, 0.2) is 66.9 Å². The molecule has 6 rings (SSSR count). The molecule has 2 aromatic carbocycles. The smallest absolute Gasteiger partial charge is 0.272 e. The summed E-state index contributed by atoms with van der Waals surface area (Å²) in [5.41, 5.74) is 3.74. The summed E-state index contributed by atoms with van der Waals surface area (Å²) in [6.45, 7) is 0.793. The van der Waals surface area contributed by atoms with Gasteiger partial charge in [0.1, 0.15) is 11.6 Å². The van der Waals surface area contributed by atoms with Crippen LogP contribution in [0.4, 0.5) is 10.2 Å². The predicted molar refractivity (Wildman–Crippen MR) is 125 cm³/mol. The average Bonchev–Trinajstić information content (AvgIpc) is 3.56. The fourth-order valence-corrected chi connectivity index (χ4v) is 5.24. The number of hydrogen-bond acceptors (Lipinski definition) is 5. The number of nitrogens with one attached hydrogen (secondary N) is 1. The molecule has 3 atom stereocenters. The molecule has 0 radical (unpaired) electrons. The number of amides is 1. The second-order valence-electron chi connectivity index (χ2n) is 8.93. The van der Waals surface area contributed by atoms with E-state index < -0.39 is 12.1 Å². The molecule has 2 N–H and O–H groups in total. The van der Waals surface area contributed by atoms with Crippen LogP contribution in [0.2, 0.25) is 0 Å². The molecule has 1 aliphatic carbocycles. The summed E-state index contributed by atoms with van der Waals surface area (Å²) in [7, 11) is 0. The number of benzene rings is 2. The fraction of sp³-hybridized carbons (Fsp3) is 0.269. The Labute approximate surface area is 195 Å². The number of halogens is 1. The van der Waals surface area contributed by atoms with Gasteiger partial charge in [-0.15, -0.1) is 5.10 Å². The molecule has 7 nitrogen and oxygen atoms in total. The van der Waals surface area contributed by atoms with E-state index in [-0.39, 0.29) is 17.8 Å². The number of rotatable bonds is 4. The van der Waals surface area contributed by atoms with Crippen LogP contribution in [-0.4, -0.2) is 38.3 Å². The Morgan fingerprint density at radius 1 is 1.12 bits per heavy atom. The van der Waals surface area contributed by atoms with Gasteiger partial charge in [-0.3, -0.25) is 4.79 Å². The van der Waals surface area contributed by atoms with Crippen molar-refractivity contribution in [3.8, 4) is 0 Å². The summed E-state index contributed by atoms with van der Waals surface area (Å²) >= 11 is 0. The number of carbonyl (C=O) groups excluding carboxylic acids is 1. The zero-order valence-electron chi connectivity index (χ0n) is 18.4. The van der Waals surface area contributed by atoms with Gasteiger partial charge in [-0.25, -0.2) is 13.9 Å². The van der Waals surface area contributed by atoms with E-state index in [4.69, 9.17) is 5.10 Å². The van der Waals surface area contributed by atoms with Crippen molar-refractivity contribution >= 4 is 17.4 Å². The molecule has 2 aromatic heterocycles. The van der Waals surface area contributed by atoms with E-state index in [2.05, 4.69) is 15.2 Å². The molecule has 1 fully saturated rings. The Balaban J connectivity index is 1.30. The van der Waals surface area contributed by atoms with Gasteiger partial charge in [0.25, 0.3) is 5.91 Å². The number of aromatic nitrogens is 3. The zero-order valence-corrected chi connectivity index (χ0v) is 18.4. The molecule has 1 aliphatic heterocycles. The number of aliphatic hydroxyl groups excluding tert-OH is 1. The Bertz CT molecular complexity index is 1390. The number of hydrogen-bond donors (Lipinski definition) is 2. The lowest BCUT2D eigenvalue weighted by Crippen LogP contribution is -2.34. The zero-order chi connectivity index (χ0) is 23.2. The molecule has 2 aliphatic rings. The van der Waals surface area contributed by atoms with Gasteiger partial charge in [0.15, 0.2) is 11.3 Å². The number of anilines is 1. The molecule has 4 aromatic rings. The van der Waals surface area contributed by atoms with Crippen molar-refractivity contribution in [1.29, 1.82) is 0 Å². The SMILES string of the molecule is O=C(NC1c2ccccc2CC1O)c1cnc2ccc(N3CCCC3c3cccc(F)c3)nn12. The molecule has 1 amide bonds. The number of fused-ring (bicyclic) bond motifs is 2. The molecule has 172 valence electrons. The van der Waals surface area contributed by atoms with Crippen LogP contribution in [0.5, 0.6) is 0 Å². The average molecular weight is 458 g/mol. The van der Waals surface area contributed by atoms with Gasteiger partial charge in [0.05, 0.1) is 24.4 Å². The van der Waals surface area contributed by atoms with Gasteiger partial charge < -0.3 is 15.3 Å². The first-order chi connectivity index (χ1) is 16.6. The molecule has 0 saturated carbocycles. The van der Waals surface area contributed by atoms with Crippen molar-refractivity contribution in [1.82, 2.24) is 19.9 Å². The summed E-state index contributed by atoms with van der Waals surface area (Å²) in [5.74, 6) is 0.107. The van der Waals surface area contributed by atoms with Crippen molar-refractivity contribution in [2.24, 2.45) is 0 Å². The van der Waals surface area contributed by atoms with Crippen LogP contribution in [0, 0.1) is 5.82 Å². The van der Waals surface area contributed by atoms with Crippen LogP contribution < -0.4 is 10.2 Å². The first kappa shape index (κ1) is 20.8. The van der Waals surface area contributed by atoms with E-state index in [1.165, 1.54) is 12.3 Å². The monoisotopic (exact) mass is 457 g/mol. The van der Waals surface area contributed by atoms with Gasteiger partial charge in [0, 0.05) is 13.0 Å². The fourth-order valence-electron chi connectivity index (χ4n) is 5.24. The standard InChI is InChI=1S/C26H24FN5O2/c27-18-7-3-6-17(13-18)20-9-4-12-31(20)24-11-10-23-28-15-21(32(23)30-24)26(34)29-25-19-8-2-1-5-16(19)14-22(25)33/h1-3,5-8,10-11,13,15,20,22,25,33H,4,9,12,14H2,(H,29,34). The maximum Gasteiger partial charge on any atom is 0.272 e. The lowest BCUT2D eigenvalue weighted by molar-refractivity contribution is 0.0851. The molecule has 3 unspecified atom stereocenters. The first-order valence-electron chi connectivity index (χ1n) is 11.5. The maximum atomic E-state index is 13.8. The van der Waals surface area contributed by atoms with Crippen LogP contribution >= 0.6 is 0 Å². The Morgan fingerprint density at radius 2 is 2.00 bits per heavy atom. The lowest BCUT2D eigenvalue weighted by Gasteiger charge is -2.26.